The third kappa shape index (κ3) is 4.17. The molecule has 2 aliphatic heterocycles. The maximum absolute atomic E-state index is 13.7. The van der Waals surface area contributed by atoms with Gasteiger partial charge in [-0.1, -0.05) is 12.1 Å². The number of hydrogen-bond acceptors (Lipinski definition) is 5. The van der Waals surface area contributed by atoms with Crippen LogP contribution in [-0.2, 0) is 11.2 Å². The van der Waals surface area contributed by atoms with Gasteiger partial charge < -0.3 is 26.6 Å². The van der Waals surface area contributed by atoms with Gasteiger partial charge in [0.05, 0.1) is 11.4 Å². The third-order valence-electron chi connectivity index (χ3n) is 6.45. The zero-order valence-corrected chi connectivity index (χ0v) is 19.4. The molecule has 7 nitrogen and oxygen atoms in total. The number of anilines is 5. The predicted molar refractivity (Wildman–Crippen MR) is 139 cm³/mol. The van der Waals surface area contributed by atoms with Crippen molar-refractivity contribution in [1.82, 2.24) is 0 Å². The van der Waals surface area contributed by atoms with Crippen LogP contribution in [0.4, 0.5) is 28.4 Å². The van der Waals surface area contributed by atoms with Crippen molar-refractivity contribution in [2.24, 2.45) is 0 Å². The number of nitrogens with two attached hydrogens (primary N) is 1. The van der Waals surface area contributed by atoms with E-state index in [9.17, 15) is 9.59 Å². The Balaban J connectivity index is 1.54. The van der Waals surface area contributed by atoms with Gasteiger partial charge in [-0.25, -0.2) is 0 Å². The van der Waals surface area contributed by atoms with Crippen LogP contribution in [0.15, 0.2) is 54.6 Å². The van der Waals surface area contributed by atoms with Crippen LogP contribution in [0.3, 0.4) is 0 Å². The van der Waals surface area contributed by atoms with E-state index in [0.29, 0.717) is 23.5 Å². The highest BCUT2D eigenvalue weighted by Crippen LogP contribution is 2.36. The summed E-state index contributed by atoms with van der Waals surface area (Å²) in [5, 5.41) is 9.76. The summed E-state index contributed by atoms with van der Waals surface area (Å²) in [4.78, 5) is 27.5. The van der Waals surface area contributed by atoms with E-state index >= 15 is 0 Å². The number of carbonyl (C=O) groups excluding carboxylic acids is 2. The molecule has 0 radical (unpaired) electrons. The average Bonchev–Trinajstić information content (AvgIpc) is 3.21. The summed E-state index contributed by atoms with van der Waals surface area (Å²) in [6.07, 6.45) is 1.78. The molecule has 0 saturated heterocycles. The largest absolute Gasteiger partial charge is 0.399 e. The summed E-state index contributed by atoms with van der Waals surface area (Å²) < 4.78 is 0. The first-order chi connectivity index (χ1) is 16.4. The van der Waals surface area contributed by atoms with Crippen molar-refractivity contribution in [2.45, 2.75) is 32.7 Å². The highest BCUT2D eigenvalue weighted by atomic mass is 16.2. The quantitative estimate of drug-likeness (QED) is 0.429. The van der Waals surface area contributed by atoms with Gasteiger partial charge in [0.25, 0.3) is 5.91 Å². The Bertz CT molecular complexity index is 1290. The Labute approximate surface area is 199 Å². The van der Waals surface area contributed by atoms with Gasteiger partial charge in [0.1, 0.15) is 0 Å². The molecule has 5 rings (SSSR count). The van der Waals surface area contributed by atoms with Crippen molar-refractivity contribution in [2.75, 3.05) is 39.7 Å². The maximum atomic E-state index is 13.7. The molecule has 0 saturated carbocycles. The number of nitrogens with zero attached hydrogens (tertiary/aromatic N) is 1. The third-order valence-corrected chi connectivity index (χ3v) is 6.45. The Morgan fingerprint density at radius 3 is 2.71 bits per heavy atom. The molecule has 0 aliphatic carbocycles. The van der Waals surface area contributed by atoms with Crippen molar-refractivity contribution >= 4 is 40.3 Å². The number of benzene rings is 3. The summed E-state index contributed by atoms with van der Waals surface area (Å²) in [6, 6.07) is 17.6. The lowest BCUT2D eigenvalue weighted by Gasteiger charge is -2.23. The first-order valence-electron chi connectivity index (χ1n) is 11.7. The summed E-state index contributed by atoms with van der Waals surface area (Å²) in [7, 11) is 0. The second-order valence-corrected chi connectivity index (χ2v) is 9.06. The van der Waals surface area contributed by atoms with Gasteiger partial charge in [-0.05, 0) is 73.4 Å². The van der Waals surface area contributed by atoms with Crippen LogP contribution in [0.2, 0.25) is 0 Å². The molecule has 34 heavy (non-hydrogen) atoms. The van der Waals surface area contributed by atoms with Crippen molar-refractivity contribution in [3.63, 3.8) is 0 Å². The summed E-state index contributed by atoms with van der Waals surface area (Å²) in [6.45, 7) is 5.08. The van der Waals surface area contributed by atoms with E-state index in [0.717, 1.165) is 47.6 Å². The fourth-order valence-electron chi connectivity index (χ4n) is 4.74. The molecule has 5 N–H and O–H groups in total. The van der Waals surface area contributed by atoms with Crippen LogP contribution in [0.25, 0.3) is 11.1 Å². The molecule has 0 fully saturated rings. The highest BCUT2D eigenvalue weighted by molar-refractivity contribution is 6.10. The predicted octanol–water partition coefficient (Wildman–Crippen LogP) is 4.71. The maximum Gasteiger partial charge on any atom is 0.258 e. The Morgan fingerprint density at radius 2 is 1.88 bits per heavy atom. The standard InChI is InChI=1S/C27H29N5O2/c1-16-10-12-32(26-15-21(28)5-8-24(26)30-16)27(34)20-3-6-22(25(14-20)31-17(2)33)18-4-7-23-19(13-18)9-11-29-23/h3-8,13-16,29-30H,9-12,28H2,1-2H3,(H,31,33). The van der Waals surface area contributed by atoms with Gasteiger partial charge in [-0.2, -0.15) is 0 Å². The number of amides is 2. The zero-order valence-electron chi connectivity index (χ0n) is 19.4. The number of carbonyl (C=O) groups is 2. The highest BCUT2D eigenvalue weighted by Gasteiger charge is 2.25. The van der Waals surface area contributed by atoms with Crippen molar-refractivity contribution in [3.8, 4) is 11.1 Å². The van der Waals surface area contributed by atoms with Crippen LogP contribution in [0.1, 0.15) is 36.2 Å². The molecule has 3 aromatic carbocycles. The lowest BCUT2D eigenvalue weighted by molar-refractivity contribution is -0.114. The molecule has 0 aromatic heterocycles. The van der Waals surface area contributed by atoms with Gasteiger partial charge >= 0.3 is 0 Å². The van der Waals surface area contributed by atoms with Crippen LogP contribution >= 0.6 is 0 Å². The second kappa shape index (κ2) is 8.74. The fourth-order valence-corrected chi connectivity index (χ4v) is 4.74. The molecule has 174 valence electrons. The van der Waals surface area contributed by atoms with E-state index in [4.69, 9.17) is 5.73 Å². The van der Waals surface area contributed by atoms with Gasteiger partial charge in [0.2, 0.25) is 5.91 Å². The number of fused-ring (bicyclic) bond motifs is 2. The topological polar surface area (TPSA) is 99.5 Å². The number of rotatable bonds is 3. The number of nitrogens with one attached hydrogen (secondary N) is 3. The van der Waals surface area contributed by atoms with E-state index in [1.807, 2.05) is 36.4 Å². The smallest absolute Gasteiger partial charge is 0.258 e. The van der Waals surface area contributed by atoms with E-state index in [2.05, 4.69) is 35.0 Å². The molecular weight excluding hydrogens is 426 g/mol. The molecule has 1 unspecified atom stereocenters. The Hall–Kier alpha value is -4.00. The molecule has 1 atom stereocenters. The summed E-state index contributed by atoms with van der Waals surface area (Å²) in [5.41, 5.74) is 13.8. The molecule has 2 aliphatic rings. The fraction of sp³-hybridized carbons (Fsp3) is 0.259. The van der Waals surface area contributed by atoms with E-state index in [-0.39, 0.29) is 17.9 Å². The lowest BCUT2D eigenvalue weighted by atomic mass is 9.98. The van der Waals surface area contributed by atoms with E-state index < -0.39 is 0 Å². The van der Waals surface area contributed by atoms with Crippen LogP contribution in [0, 0.1) is 0 Å². The molecule has 2 amide bonds. The minimum absolute atomic E-state index is 0.126. The van der Waals surface area contributed by atoms with Gasteiger partial charge in [-0.3, -0.25) is 9.59 Å². The van der Waals surface area contributed by atoms with E-state index in [1.165, 1.54) is 12.5 Å². The minimum Gasteiger partial charge on any atom is -0.399 e. The molecule has 2 heterocycles. The first-order valence-corrected chi connectivity index (χ1v) is 11.7. The van der Waals surface area contributed by atoms with E-state index in [1.54, 1.807) is 11.0 Å². The minimum atomic E-state index is -0.181. The molecule has 0 spiro atoms. The van der Waals surface area contributed by atoms with Crippen molar-refractivity contribution < 1.29 is 9.59 Å². The molecular formula is C27H29N5O2. The molecule has 0 bridgehead atoms. The molecule has 3 aromatic rings. The van der Waals surface area contributed by atoms with Gasteiger partial charge in [0, 0.05) is 54.2 Å². The van der Waals surface area contributed by atoms with Crippen molar-refractivity contribution in [3.05, 3.63) is 65.7 Å². The molecule has 7 heteroatoms. The van der Waals surface area contributed by atoms with Crippen molar-refractivity contribution in [1.29, 1.82) is 0 Å². The van der Waals surface area contributed by atoms with Gasteiger partial charge in [0.15, 0.2) is 0 Å². The lowest BCUT2D eigenvalue weighted by Crippen LogP contribution is -2.32. The Morgan fingerprint density at radius 1 is 1.06 bits per heavy atom. The summed E-state index contributed by atoms with van der Waals surface area (Å²) in [5.74, 6) is -0.307. The zero-order chi connectivity index (χ0) is 23.8. The van der Waals surface area contributed by atoms with Crippen LogP contribution in [0.5, 0.6) is 0 Å². The average molecular weight is 456 g/mol. The second-order valence-electron chi connectivity index (χ2n) is 9.06. The monoisotopic (exact) mass is 455 g/mol. The number of hydrogen-bond donors (Lipinski definition) is 4. The Kier molecular flexibility index (Phi) is 5.61. The van der Waals surface area contributed by atoms with Crippen LogP contribution in [-0.4, -0.2) is 30.9 Å². The normalized spacial score (nSPS) is 16.5. The van der Waals surface area contributed by atoms with Gasteiger partial charge in [-0.15, -0.1) is 0 Å². The summed E-state index contributed by atoms with van der Waals surface area (Å²) >= 11 is 0. The first kappa shape index (κ1) is 21.8. The SMILES string of the molecule is CC(=O)Nc1cc(C(=O)N2CCC(C)Nc3ccc(N)cc32)ccc1-c1ccc2c(c1)CCN2. The van der Waals surface area contributed by atoms with Crippen LogP contribution < -0.4 is 26.6 Å². The number of nitrogen functional groups attached to an aromatic ring is 1.